The van der Waals surface area contributed by atoms with Gasteiger partial charge in [0.15, 0.2) is 5.60 Å². The van der Waals surface area contributed by atoms with Crippen LogP contribution in [0.1, 0.15) is 70.4 Å². The number of aryl methyl sites for hydroxylation is 1. The molecule has 2 rings (SSSR count). The lowest BCUT2D eigenvalue weighted by atomic mass is 10.1. The smallest absolute Gasteiger partial charge is 0.347 e. The van der Waals surface area contributed by atoms with Crippen LogP contribution in [0, 0.1) is 0 Å². The molecular formula is C27H39N3O4. The summed E-state index contributed by atoms with van der Waals surface area (Å²) in [6.07, 6.45) is 7.40. The first-order valence-electron chi connectivity index (χ1n) is 12.1. The van der Waals surface area contributed by atoms with E-state index in [0.29, 0.717) is 12.3 Å². The summed E-state index contributed by atoms with van der Waals surface area (Å²) in [6, 6.07) is 14.7. The van der Waals surface area contributed by atoms with Crippen LogP contribution in [0.2, 0.25) is 0 Å². The summed E-state index contributed by atoms with van der Waals surface area (Å²) < 4.78 is 5.57. The zero-order valence-corrected chi connectivity index (χ0v) is 20.6. The van der Waals surface area contributed by atoms with Crippen molar-refractivity contribution in [1.82, 2.24) is 10.7 Å². The molecule has 0 spiro atoms. The molecule has 186 valence electrons. The van der Waals surface area contributed by atoms with Crippen LogP contribution in [0.15, 0.2) is 53.6 Å². The van der Waals surface area contributed by atoms with Crippen molar-refractivity contribution in [3.8, 4) is 11.5 Å². The van der Waals surface area contributed by atoms with Crippen molar-refractivity contribution >= 4 is 11.8 Å². The molecule has 0 aromatic heterocycles. The van der Waals surface area contributed by atoms with E-state index >= 15 is 0 Å². The molecule has 0 fully saturated rings. The van der Waals surface area contributed by atoms with Gasteiger partial charge in [0.1, 0.15) is 17.3 Å². The molecule has 0 aliphatic carbocycles. The summed E-state index contributed by atoms with van der Waals surface area (Å²) in [4.78, 5) is 11.2. The molecule has 2 aromatic carbocycles. The van der Waals surface area contributed by atoms with E-state index < -0.39 is 11.6 Å². The molecule has 0 bridgehead atoms. The SMILES string of the molecule is CCCCCCN/C(CCCc1ccc(OC(C)(C)C(=O)O)cc1)=N\NCc1cccc(O)c1. The molecule has 0 aliphatic heterocycles. The number of nitrogens with zero attached hydrogens (tertiary/aromatic N) is 1. The fraction of sp³-hybridized carbons (Fsp3) is 0.481. The minimum Gasteiger partial charge on any atom is -0.508 e. The highest BCUT2D eigenvalue weighted by atomic mass is 16.5. The molecule has 7 heteroatoms. The third-order valence-corrected chi connectivity index (χ3v) is 5.46. The Bertz CT molecular complexity index is 910. The number of nitrogens with one attached hydrogen (secondary N) is 2. The van der Waals surface area contributed by atoms with Gasteiger partial charge in [-0.3, -0.25) is 0 Å². The van der Waals surface area contributed by atoms with Crippen molar-refractivity contribution in [2.24, 2.45) is 5.10 Å². The highest BCUT2D eigenvalue weighted by Crippen LogP contribution is 2.20. The van der Waals surface area contributed by atoms with Crippen LogP contribution in [0.3, 0.4) is 0 Å². The molecule has 0 atom stereocenters. The van der Waals surface area contributed by atoms with Gasteiger partial charge in [-0.05, 0) is 68.5 Å². The maximum absolute atomic E-state index is 11.2. The van der Waals surface area contributed by atoms with Crippen molar-refractivity contribution < 1.29 is 19.7 Å². The Morgan fingerprint density at radius 1 is 1.03 bits per heavy atom. The largest absolute Gasteiger partial charge is 0.508 e. The van der Waals surface area contributed by atoms with E-state index in [9.17, 15) is 15.0 Å². The van der Waals surface area contributed by atoms with Gasteiger partial charge in [0.05, 0.1) is 6.54 Å². The maximum atomic E-state index is 11.2. The number of ether oxygens (including phenoxy) is 1. The number of rotatable bonds is 15. The van der Waals surface area contributed by atoms with Crippen molar-refractivity contribution in [2.75, 3.05) is 6.54 Å². The number of unbranched alkanes of at least 4 members (excludes halogenated alkanes) is 3. The number of amidine groups is 1. The van der Waals surface area contributed by atoms with E-state index in [-0.39, 0.29) is 5.75 Å². The number of hydrogen-bond donors (Lipinski definition) is 4. The average molecular weight is 470 g/mol. The summed E-state index contributed by atoms with van der Waals surface area (Å²) in [5.41, 5.74) is 3.99. The molecule has 2 aromatic rings. The average Bonchev–Trinajstić information content (AvgIpc) is 2.79. The van der Waals surface area contributed by atoms with Crippen LogP contribution in [0.25, 0.3) is 0 Å². The number of carbonyl (C=O) groups is 1. The van der Waals surface area contributed by atoms with Crippen LogP contribution in [0.4, 0.5) is 0 Å². The summed E-state index contributed by atoms with van der Waals surface area (Å²) in [5, 5.41) is 26.9. The Balaban J connectivity index is 1.86. The molecule has 0 saturated carbocycles. The Morgan fingerprint density at radius 3 is 2.47 bits per heavy atom. The van der Waals surface area contributed by atoms with E-state index in [1.54, 1.807) is 12.1 Å². The van der Waals surface area contributed by atoms with Crippen LogP contribution >= 0.6 is 0 Å². The van der Waals surface area contributed by atoms with Crippen molar-refractivity contribution in [3.05, 3.63) is 59.7 Å². The van der Waals surface area contributed by atoms with Gasteiger partial charge in [-0.25, -0.2) is 4.79 Å². The molecule has 0 unspecified atom stereocenters. The van der Waals surface area contributed by atoms with Gasteiger partial charge in [-0.15, -0.1) is 0 Å². The highest BCUT2D eigenvalue weighted by Gasteiger charge is 2.29. The van der Waals surface area contributed by atoms with Gasteiger partial charge in [0, 0.05) is 13.0 Å². The lowest BCUT2D eigenvalue weighted by Crippen LogP contribution is -2.37. The molecule has 0 saturated heterocycles. The first-order chi connectivity index (χ1) is 16.3. The van der Waals surface area contributed by atoms with Crippen LogP contribution in [0.5, 0.6) is 11.5 Å². The number of carboxylic acid groups (broad SMARTS) is 1. The summed E-state index contributed by atoms with van der Waals surface area (Å²) >= 11 is 0. The number of phenolic OH excluding ortho intramolecular Hbond substituents is 1. The fourth-order valence-electron chi connectivity index (χ4n) is 3.38. The summed E-state index contributed by atoms with van der Waals surface area (Å²) in [5.74, 6) is 0.729. The minimum absolute atomic E-state index is 0.250. The van der Waals surface area contributed by atoms with Gasteiger partial charge in [0.2, 0.25) is 0 Å². The zero-order valence-electron chi connectivity index (χ0n) is 20.6. The number of phenols is 1. The highest BCUT2D eigenvalue weighted by molar-refractivity contribution is 5.81. The van der Waals surface area contributed by atoms with Gasteiger partial charge >= 0.3 is 5.97 Å². The third kappa shape index (κ3) is 10.1. The maximum Gasteiger partial charge on any atom is 0.347 e. The second kappa shape index (κ2) is 14.1. The lowest BCUT2D eigenvalue weighted by molar-refractivity contribution is -0.152. The molecule has 0 heterocycles. The fourth-order valence-corrected chi connectivity index (χ4v) is 3.38. The predicted molar refractivity (Wildman–Crippen MR) is 136 cm³/mol. The number of carboxylic acids is 1. The van der Waals surface area contributed by atoms with E-state index in [2.05, 4.69) is 22.8 Å². The summed E-state index contributed by atoms with van der Waals surface area (Å²) in [6.45, 7) is 6.72. The second-order valence-electron chi connectivity index (χ2n) is 8.97. The van der Waals surface area contributed by atoms with Crippen LogP contribution in [-0.2, 0) is 17.8 Å². The van der Waals surface area contributed by atoms with Crippen molar-refractivity contribution in [2.45, 2.75) is 77.9 Å². The number of aliphatic carboxylic acids is 1. The minimum atomic E-state index is -1.26. The number of benzene rings is 2. The summed E-state index contributed by atoms with van der Waals surface area (Å²) in [7, 11) is 0. The van der Waals surface area contributed by atoms with Crippen LogP contribution < -0.4 is 15.5 Å². The van der Waals surface area contributed by atoms with Crippen molar-refractivity contribution in [1.29, 1.82) is 0 Å². The van der Waals surface area contributed by atoms with Gasteiger partial charge in [-0.2, -0.15) is 5.10 Å². The molecule has 34 heavy (non-hydrogen) atoms. The normalized spacial score (nSPS) is 11.8. The van der Waals surface area contributed by atoms with Gasteiger partial charge < -0.3 is 25.7 Å². The second-order valence-corrected chi connectivity index (χ2v) is 8.97. The van der Waals surface area contributed by atoms with Crippen LogP contribution in [-0.4, -0.2) is 34.2 Å². The topological polar surface area (TPSA) is 103 Å². The van der Waals surface area contributed by atoms with Crippen molar-refractivity contribution in [3.63, 3.8) is 0 Å². The van der Waals surface area contributed by atoms with E-state index in [0.717, 1.165) is 49.2 Å². The quantitative estimate of drug-likeness (QED) is 0.123. The Hall–Kier alpha value is -3.22. The standard InChI is InChI=1S/C27H39N3O4/c1-4-5-6-7-18-28-25(30-29-20-22-11-8-12-23(31)19-22)13-9-10-21-14-16-24(17-15-21)34-27(2,3)26(32)33/h8,11-12,14-17,19,29,31H,4-7,9-10,13,18,20H2,1-3H3,(H,28,30)(H,32,33). The first-order valence-corrected chi connectivity index (χ1v) is 12.1. The predicted octanol–water partition coefficient (Wildman–Crippen LogP) is 5.23. The lowest BCUT2D eigenvalue weighted by Gasteiger charge is -2.21. The Morgan fingerprint density at radius 2 is 1.79 bits per heavy atom. The molecule has 7 nitrogen and oxygen atoms in total. The molecular weight excluding hydrogens is 430 g/mol. The molecule has 0 radical (unpaired) electrons. The monoisotopic (exact) mass is 469 g/mol. The van der Waals surface area contributed by atoms with E-state index in [4.69, 9.17) is 4.74 Å². The zero-order chi connectivity index (χ0) is 24.8. The van der Waals surface area contributed by atoms with E-state index in [1.165, 1.54) is 33.1 Å². The number of hydrogen-bond acceptors (Lipinski definition) is 5. The number of hydrazone groups is 1. The Kier molecular flexibility index (Phi) is 11.2. The van der Waals surface area contributed by atoms with Gasteiger partial charge in [0.25, 0.3) is 0 Å². The molecule has 0 aliphatic rings. The molecule has 4 N–H and O–H groups in total. The van der Waals surface area contributed by atoms with Gasteiger partial charge in [-0.1, -0.05) is 50.5 Å². The number of aromatic hydroxyl groups is 1. The van der Waals surface area contributed by atoms with E-state index in [1.807, 2.05) is 36.4 Å². The molecule has 0 amide bonds. The Labute approximate surface area is 203 Å². The third-order valence-electron chi connectivity index (χ3n) is 5.46. The first kappa shape index (κ1) is 27.0.